The number of nitrogens with one attached hydrogen (secondary N) is 2. The number of esters is 1. The van der Waals surface area contributed by atoms with Crippen molar-refractivity contribution in [3.05, 3.63) is 40.2 Å². The second-order valence-electron chi connectivity index (χ2n) is 7.19. The lowest BCUT2D eigenvalue weighted by atomic mass is 9.88. The fourth-order valence-electron chi connectivity index (χ4n) is 3.36. The van der Waals surface area contributed by atoms with Crippen molar-refractivity contribution in [2.45, 2.75) is 37.1 Å². The average Bonchev–Trinajstić information content (AvgIpc) is 3.49. The molecule has 0 aromatic carbocycles. The number of anilines is 2. The van der Waals surface area contributed by atoms with Crippen molar-refractivity contribution in [3.63, 3.8) is 0 Å². The lowest BCUT2D eigenvalue weighted by Gasteiger charge is -2.18. The molecule has 3 aromatic heterocycles. The monoisotopic (exact) mass is 478 g/mol. The average molecular weight is 479 g/mol. The number of thioether (sulfide) groups is 1. The van der Waals surface area contributed by atoms with Crippen LogP contribution in [0.25, 0.3) is 0 Å². The zero-order valence-corrected chi connectivity index (χ0v) is 19.5. The van der Waals surface area contributed by atoms with Crippen molar-refractivity contribution in [3.8, 4) is 0 Å². The first kappa shape index (κ1) is 21.8. The van der Waals surface area contributed by atoms with E-state index < -0.39 is 5.97 Å². The minimum atomic E-state index is -0.397. The van der Waals surface area contributed by atoms with Gasteiger partial charge in [-0.1, -0.05) is 30.0 Å². The highest BCUT2D eigenvalue weighted by molar-refractivity contribution is 8.01. The van der Waals surface area contributed by atoms with Gasteiger partial charge in [0.05, 0.1) is 31.2 Å². The number of hydrogen-bond donors (Lipinski definition) is 2. The molecule has 0 saturated heterocycles. The lowest BCUT2D eigenvalue weighted by molar-refractivity contribution is -0.113. The van der Waals surface area contributed by atoms with Crippen molar-refractivity contribution in [1.82, 2.24) is 10.2 Å². The Bertz CT molecular complexity index is 1060. The predicted octanol–water partition coefficient (Wildman–Crippen LogP) is 4.45. The molecule has 1 atom stereocenters. The third kappa shape index (κ3) is 5.28. The second-order valence-corrected chi connectivity index (χ2v) is 10.5. The quantitative estimate of drug-likeness (QED) is 0.361. The highest BCUT2D eigenvalue weighted by Gasteiger charge is 2.28. The number of fused-ring (bicyclic) bond motifs is 1. The first-order valence-electron chi connectivity index (χ1n) is 9.78. The normalized spacial score (nSPS) is 15.4. The zero-order chi connectivity index (χ0) is 21.8. The number of aromatic nitrogens is 2. The maximum atomic E-state index is 12.6. The molecule has 3 heterocycles. The van der Waals surface area contributed by atoms with Gasteiger partial charge >= 0.3 is 5.97 Å². The Morgan fingerprint density at radius 3 is 3.00 bits per heavy atom. The molecule has 0 fully saturated rings. The van der Waals surface area contributed by atoms with Gasteiger partial charge in [-0.05, 0) is 42.9 Å². The molecule has 0 radical (unpaired) electrons. The topological polar surface area (TPSA) is 106 Å². The Labute approximate surface area is 191 Å². The Hall–Kier alpha value is -2.37. The van der Waals surface area contributed by atoms with E-state index >= 15 is 0 Å². The molecule has 11 heteroatoms. The Kier molecular flexibility index (Phi) is 6.93. The molecule has 31 heavy (non-hydrogen) atoms. The number of rotatable bonds is 8. The van der Waals surface area contributed by atoms with Crippen LogP contribution in [-0.4, -0.2) is 34.9 Å². The van der Waals surface area contributed by atoms with Crippen LogP contribution in [0.2, 0.25) is 0 Å². The third-order valence-corrected chi connectivity index (χ3v) is 8.07. The molecule has 1 unspecified atom stereocenters. The van der Waals surface area contributed by atoms with E-state index in [0.29, 0.717) is 32.5 Å². The van der Waals surface area contributed by atoms with Crippen molar-refractivity contribution < 1.29 is 18.7 Å². The second kappa shape index (κ2) is 9.84. The summed E-state index contributed by atoms with van der Waals surface area (Å²) in [7, 11) is 1.37. The van der Waals surface area contributed by atoms with Crippen LogP contribution >= 0.6 is 34.4 Å². The number of ether oxygens (including phenoxy) is 1. The number of nitrogens with zero attached hydrogens (tertiary/aromatic N) is 2. The van der Waals surface area contributed by atoms with E-state index in [1.807, 2.05) is 12.1 Å². The summed E-state index contributed by atoms with van der Waals surface area (Å²) >= 11 is 4.16. The van der Waals surface area contributed by atoms with E-state index in [9.17, 15) is 9.59 Å². The number of hydrogen-bond acceptors (Lipinski definition) is 10. The third-order valence-electron chi connectivity index (χ3n) is 4.88. The van der Waals surface area contributed by atoms with Crippen LogP contribution in [0.5, 0.6) is 0 Å². The molecule has 0 saturated carbocycles. The van der Waals surface area contributed by atoms with Crippen LogP contribution in [0.3, 0.4) is 0 Å². The summed E-state index contributed by atoms with van der Waals surface area (Å²) in [6.07, 6.45) is 4.41. The summed E-state index contributed by atoms with van der Waals surface area (Å²) in [5.41, 5.74) is 1.53. The SMILES string of the molecule is COC(=O)c1c(NC(=O)CSc2nnc(NCc3ccco3)s2)sc2c1CCC(C)C2. The summed E-state index contributed by atoms with van der Waals surface area (Å²) in [5, 5.41) is 15.5. The molecule has 2 N–H and O–H groups in total. The van der Waals surface area contributed by atoms with E-state index in [-0.39, 0.29) is 11.7 Å². The number of thiophene rings is 1. The van der Waals surface area contributed by atoms with Crippen molar-refractivity contribution >= 4 is 56.4 Å². The molecule has 1 amide bonds. The first-order chi connectivity index (χ1) is 15.0. The fraction of sp³-hybridized carbons (Fsp3) is 0.400. The molecule has 0 spiro atoms. The fourth-order valence-corrected chi connectivity index (χ4v) is 6.32. The van der Waals surface area contributed by atoms with Crippen molar-refractivity contribution in [1.29, 1.82) is 0 Å². The van der Waals surface area contributed by atoms with Gasteiger partial charge in [0.15, 0.2) is 4.34 Å². The minimum absolute atomic E-state index is 0.173. The molecule has 164 valence electrons. The van der Waals surface area contributed by atoms with E-state index in [1.165, 1.54) is 46.4 Å². The molecule has 1 aliphatic rings. The summed E-state index contributed by atoms with van der Waals surface area (Å²) in [6, 6.07) is 3.70. The number of methoxy groups -OCH3 is 1. The molecule has 1 aliphatic carbocycles. The van der Waals surface area contributed by atoms with E-state index in [2.05, 4.69) is 27.8 Å². The van der Waals surface area contributed by atoms with E-state index in [0.717, 1.165) is 30.6 Å². The lowest BCUT2D eigenvalue weighted by Crippen LogP contribution is -2.17. The van der Waals surface area contributed by atoms with Crippen LogP contribution in [0, 0.1) is 5.92 Å². The molecule has 3 aromatic rings. The predicted molar refractivity (Wildman–Crippen MR) is 122 cm³/mol. The van der Waals surface area contributed by atoms with Gasteiger partial charge in [-0.2, -0.15) is 0 Å². The minimum Gasteiger partial charge on any atom is -0.467 e. The van der Waals surface area contributed by atoms with Crippen LogP contribution in [-0.2, 0) is 28.9 Å². The van der Waals surface area contributed by atoms with Gasteiger partial charge in [-0.15, -0.1) is 21.5 Å². The van der Waals surface area contributed by atoms with Gasteiger partial charge in [-0.25, -0.2) is 4.79 Å². The Morgan fingerprint density at radius 1 is 1.35 bits per heavy atom. The number of carbonyl (C=O) groups excluding carboxylic acids is 2. The summed E-state index contributed by atoms with van der Waals surface area (Å²) in [5.74, 6) is 0.960. The summed E-state index contributed by atoms with van der Waals surface area (Å²) in [6.45, 7) is 2.72. The van der Waals surface area contributed by atoms with Gasteiger partial charge in [0.25, 0.3) is 0 Å². The van der Waals surface area contributed by atoms with Gasteiger partial charge in [0, 0.05) is 4.88 Å². The highest BCUT2D eigenvalue weighted by Crippen LogP contribution is 2.40. The maximum absolute atomic E-state index is 12.6. The molecule has 0 bridgehead atoms. The summed E-state index contributed by atoms with van der Waals surface area (Å²) in [4.78, 5) is 26.1. The van der Waals surface area contributed by atoms with Crippen molar-refractivity contribution in [2.24, 2.45) is 5.92 Å². The van der Waals surface area contributed by atoms with Gasteiger partial charge in [0.2, 0.25) is 11.0 Å². The van der Waals surface area contributed by atoms with Gasteiger partial charge < -0.3 is 19.8 Å². The zero-order valence-electron chi connectivity index (χ0n) is 17.1. The summed E-state index contributed by atoms with van der Waals surface area (Å²) < 4.78 is 10.9. The van der Waals surface area contributed by atoms with E-state index in [4.69, 9.17) is 9.15 Å². The highest BCUT2D eigenvalue weighted by atomic mass is 32.2. The van der Waals surface area contributed by atoms with Crippen LogP contribution < -0.4 is 10.6 Å². The largest absolute Gasteiger partial charge is 0.467 e. The van der Waals surface area contributed by atoms with Gasteiger partial charge in [0.1, 0.15) is 10.8 Å². The molecular formula is C20H22N4O4S3. The Balaban J connectivity index is 1.35. The van der Waals surface area contributed by atoms with Gasteiger partial charge in [-0.3, -0.25) is 4.79 Å². The molecular weight excluding hydrogens is 456 g/mol. The Morgan fingerprint density at radius 2 is 2.23 bits per heavy atom. The smallest absolute Gasteiger partial charge is 0.341 e. The van der Waals surface area contributed by atoms with E-state index in [1.54, 1.807) is 6.26 Å². The van der Waals surface area contributed by atoms with Crippen LogP contribution in [0.4, 0.5) is 10.1 Å². The van der Waals surface area contributed by atoms with Crippen LogP contribution in [0.1, 0.15) is 39.9 Å². The van der Waals surface area contributed by atoms with Crippen molar-refractivity contribution in [2.75, 3.05) is 23.5 Å². The molecule has 4 rings (SSSR count). The maximum Gasteiger partial charge on any atom is 0.341 e. The molecule has 8 nitrogen and oxygen atoms in total. The standard InChI is InChI=1S/C20H22N4O4S3/c1-11-5-6-13-14(8-11)30-17(16(13)18(26)27-2)22-15(25)10-29-20-24-23-19(31-20)21-9-12-4-3-7-28-12/h3-4,7,11H,5-6,8-10H2,1-2H3,(H,21,23)(H,22,25). The number of carbonyl (C=O) groups is 2. The first-order valence-corrected chi connectivity index (χ1v) is 12.4. The van der Waals surface area contributed by atoms with Crippen LogP contribution in [0.15, 0.2) is 27.2 Å². The number of furan rings is 1. The number of amides is 1. The molecule has 0 aliphatic heterocycles.